The standard InChI is InChI=1S/C21H25FN2O3/c1-14(18-13-16(27-2)7-8-20(18)25)23-15-9-11-24(12-10-15)21(26)17-5-3-4-6-19(17)22/h3-8,13-15,23,25H,9-12H2,1-2H3/t14-/m1/s1. The molecular weight excluding hydrogens is 347 g/mol. The molecule has 0 saturated carbocycles. The van der Waals surface area contributed by atoms with Crippen molar-refractivity contribution in [2.24, 2.45) is 0 Å². The lowest BCUT2D eigenvalue weighted by molar-refractivity contribution is 0.0697. The zero-order valence-corrected chi connectivity index (χ0v) is 15.6. The van der Waals surface area contributed by atoms with Gasteiger partial charge in [-0.25, -0.2) is 4.39 Å². The molecule has 0 aromatic heterocycles. The molecule has 1 atom stereocenters. The third kappa shape index (κ3) is 4.39. The fourth-order valence-electron chi connectivity index (χ4n) is 3.50. The average Bonchev–Trinajstić information content (AvgIpc) is 2.68. The van der Waals surface area contributed by atoms with Gasteiger partial charge in [-0.1, -0.05) is 12.1 Å². The van der Waals surface area contributed by atoms with E-state index in [1.54, 1.807) is 36.3 Å². The molecule has 1 heterocycles. The molecule has 0 spiro atoms. The van der Waals surface area contributed by atoms with Crippen LogP contribution in [0.1, 0.15) is 41.7 Å². The van der Waals surface area contributed by atoms with Gasteiger partial charge >= 0.3 is 0 Å². The van der Waals surface area contributed by atoms with E-state index in [4.69, 9.17) is 4.74 Å². The Morgan fingerprint density at radius 3 is 2.63 bits per heavy atom. The first-order valence-electron chi connectivity index (χ1n) is 9.16. The van der Waals surface area contributed by atoms with Crippen molar-refractivity contribution in [3.63, 3.8) is 0 Å². The number of benzene rings is 2. The van der Waals surface area contributed by atoms with Crippen molar-refractivity contribution in [1.29, 1.82) is 0 Å². The van der Waals surface area contributed by atoms with Crippen LogP contribution in [-0.4, -0.2) is 42.2 Å². The van der Waals surface area contributed by atoms with Gasteiger partial charge in [0, 0.05) is 30.7 Å². The SMILES string of the molecule is COc1ccc(O)c([C@@H](C)NC2CCN(C(=O)c3ccccc3F)CC2)c1. The Labute approximate surface area is 158 Å². The Bertz CT molecular complexity index is 804. The predicted molar refractivity (Wildman–Crippen MR) is 102 cm³/mol. The van der Waals surface area contributed by atoms with Gasteiger partial charge in [-0.2, -0.15) is 0 Å². The highest BCUT2D eigenvalue weighted by Gasteiger charge is 2.26. The number of methoxy groups -OCH3 is 1. The zero-order chi connectivity index (χ0) is 19.4. The number of halogens is 1. The maximum atomic E-state index is 13.8. The molecule has 0 bridgehead atoms. The zero-order valence-electron chi connectivity index (χ0n) is 15.6. The second-order valence-electron chi connectivity index (χ2n) is 6.86. The molecule has 0 radical (unpaired) electrons. The number of carbonyl (C=O) groups is 1. The number of amides is 1. The molecule has 1 saturated heterocycles. The molecule has 2 aromatic rings. The molecule has 1 aliphatic heterocycles. The Morgan fingerprint density at radius 1 is 1.26 bits per heavy atom. The largest absolute Gasteiger partial charge is 0.508 e. The normalized spacial score (nSPS) is 16.2. The first-order valence-corrected chi connectivity index (χ1v) is 9.16. The fourth-order valence-corrected chi connectivity index (χ4v) is 3.50. The second-order valence-corrected chi connectivity index (χ2v) is 6.86. The summed E-state index contributed by atoms with van der Waals surface area (Å²) in [4.78, 5) is 14.2. The van der Waals surface area contributed by atoms with E-state index in [0.717, 1.165) is 18.4 Å². The van der Waals surface area contributed by atoms with E-state index in [1.165, 1.54) is 12.1 Å². The summed E-state index contributed by atoms with van der Waals surface area (Å²) in [5, 5.41) is 13.6. The number of carbonyl (C=O) groups excluding carboxylic acids is 1. The van der Waals surface area contributed by atoms with Crippen molar-refractivity contribution in [3.05, 3.63) is 59.4 Å². The topological polar surface area (TPSA) is 61.8 Å². The molecule has 1 amide bonds. The number of ether oxygens (including phenoxy) is 1. The van der Waals surface area contributed by atoms with E-state index < -0.39 is 5.82 Å². The lowest BCUT2D eigenvalue weighted by Gasteiger charge is -2.34. The van der Waals surface area contributed by atoms with Crippen LogP contribution in [0, 0.1) is 5.82 Å². The highest BCUT2D eigenvalue weighted by Crippen LogP contribution is 2.29. The van der Waals surface area contributed by atoms with Crippen LogP contribution in [0.2, 0.25) is 0 Å². The van der Waals surface area contributed by atoms with Crippen molar-refractivity contribution in [1.82, 2.24) is 10.2 Å². The van der Waals surface area contributed by atoms with E-state index in [0.29, 0.717) is 18.8 Å². The predicted octanol–water partition coefficient (Wildman–Crippen LogP) is 3.50. The minimum absolute atomic E-state index is 0.0566. The average molecular weight is 372 g/mol. The van der Waals surface area contributed by atoms with Crippen molar-refractivity contribution in [2.75, 3.05) is 20.2 Å². The van der Waals surface area contributed by atoms with Crippen molar-refractivity contribution in [3.8, 4) is 11.5 Å². The third-order valence-corrected chi connectivity index (χ3v) is 5.07. The van der Waals surface area contributed by atoms with E-state index in [1.807, 2.05) is 13.0 Å². The monoisotopic (exact) mass is 372 g/mol. The van der Waals surface area contributed by atoms with E-state index in [2.05, 4.69) is 5.32 Å². The van der Waals surface area contributed by atoms with Crippen LogP contribution in [0.5, 0.6) is 11.5 Å². The Morgan fingerprint density at radius 2 is 1.96 bits per heavy atom. The maximum Gasteiger partial charge on any atom is 0.256 e. The molecule has 0 aliphatic carbocycles. The number of aromatic hydroxyl groups is 1. The van der Waals surface area contributed by atoms with Gasteiger partial charge in [0.15, 0.2) is 0 Å². The van der Waals surface area contributed by atoms with Crippen LogP contribution in [0.4, 0.5) is 4.39 Å². The summed E-state index contributed by atoms with van der Waals surface area (Å²) in [6.45, 7) is 3.13. The van der Waals surface area contributed by atoms with Crippen LogP contribution in [0.3, 0.4) is 0 Å². The fraction of sp³-hybridized carbons (Fsp3) is 0.381. The van der Waals surface area contributed by atoms with Gasteiger partial charge < -0.3 is 20.1 Å². The minimum atomic E-state index is -0.482. The lowest BCUT2D eigenvalue weighted by Crippen LogP contribution is -2.45. The van der Waals surface area contributed by atoms with Crippen molar-refractivity contribution in [2.45, 2.75) is 31.8 Å². The van der Waals surface area contributed by atoms with Crippen LogP contribution >= 0.6 is 0 Å². The Kier molecular flexibility index (Phi) is 5.96. The second kappa shape index (κ2) is 8.39. The number of nitrogens with zero attached hydrogens (tertiary/aromatic N) is 1. The van der Waals surface area contributed by atoms with Crippen LogP contribution in [0.25, 0.3) is 0 Å². The molecular formula is C21H25FN2O3. The van der Waals surface area contributed by atoms with Crippen LogP contribution in [0.15, 0.2) is 42.5 Å². The Hall–Kier alpha value is -2.60. The molecule has 2 N–H and O–H groups in total. The van der Waals surface area contributed by atoms with E-state index >= 15 is 0 Å². The summed E-state index contributed by atoms with van der Waals surface area (Å²) >= 11 is 0. The van der Waals surface area contributed by atoms with Gasteiger partial charge in [-0.05, 0) is 50.1 Å². The summed E-state index contributed by atoms with van der Waals surface area (Å²) in [6, 6.07) is 11.4. The summed E-state index contributed by atoms with van der Waals surface area (Å²) in [7, 11) is 1.59. The lowest BCUT2D eigenvalue weighted by atomic mass is 10.00. The van der Waals surface area contributed by atoms with Gasteiger partial charge in [-0.3, -0.25) is 4.79 Å². The van der Waals surface area contributed by atoms with Gasteiger partial charge in [0.2, 0.25) is 0 Å². The van der Waals surface area contributed by atoms with Gasteiger partial charge in [0.1, 0.15) is 17.3 Å². The number of nitrogens with one attached hydrogen (secondary N) is 1. The first-order chi connectivity index (χ1) is 13.0. The first kappa shape index (κ1) is 19.2. The number of piperidine rings is 1. The molecule has 27 heavy (non-hydrogen) atoms. The number of rotatable bonds is 5. The molecule has 1 aliphatic rings. The van der Waals surface area contributed by atoms with E-state index in [-0.39, 0.29) is 29.3 Å². The number of hydrogen-bond donors (Lipinski definition) is 2. The molecule has 6 heteroatoms. The van der Waals surface area contributed by atoms with Gasteiger partial charge in [0.25, 0.3) is 5.91 Å². The summed E-state index contributed by atoms with van der Waals surface area (Å²) in [6.07, 6.45) is 1.55. The summed E-state index contributed by atoms with van der Waals surface area (Å²) in [5.41, 5.74) is 0.901. The van der Waals surface area contributed by atoms with Gasteiger partial charge in [0.05, 0.1) is 12.7 Å². The summed E-state index contributed by atoms with van der Waals surface area (Å²) in [5.74, 6) is 0.180. The van der Waals surface area contributed by atoms with Crippen molar-refractivity contribution < 1.29 is 19.0 Å². The van der Waals surface area contributed by atoms with Gasteiger partial charge in [-0.15, -0.1) is 0 Å². The Balaban J connectivity index is 1.58. The molecule has 5 nitrogen and oxygen atoms in total. The van der Waals surface area contributed by atoms with Crippen LogP contribution < -0.4 is 10.1 Å². The molecule has 3 rings (SSSR count). The smallest absolute Gasteiger partial charge is 0.256 e. The maximum absolute atomic E-state index is 13.8. The number of phenols is 1. The highest BCUT2D eigenvalue weighted by molar-refractivity contribution is 5.94. The van der Waals surface area contributed by atoms with Crippen LogP contribution in [-0.2, 0) is 0 Å². The molecule has 2 aromatic carbocycles. The molecule has 1 fully saturated rings. The highest BCUT2D eigenvalue weighted by atomic mass is 19.1. The van der Waals surface area contributed by atoms with Crippen molar-refractivity contribution >= 4 is 5.91 Å². The molecule has 0 unspecified atom stereocenters. The molecule has 144 valence electrons. The number of phenolic OH excluding ortho intramolecular Hbond substituents is 1. The quantitative estimate of drug-likeness (QED) is 0.843. The minimum Gasteiger partial charge on any atom is -0.508 e. The number of likely N-dealkylation sites (tertiary alicyclic amines) is 1. The van der Waals surface area contributed by atoms with E-state index in [9.17, 15) is 14.3 Å². The summed E-state index contributed by atoms with van der Waals surface area (Å²) < 4.78 is 19.1. The number of hydrogen-bond acceptors (Lipinski definition) is 4. The third-order valence-electron chi connectivity index (χ3n) is 5.07.